The molecular formula is C17H27ClN2O. The number of nitrogens with one attached hydrogen (secondary N) is 1. The van der Waals surface area contributed by atoms with Crippen LogP contribution in [0.2, 0.25) is 0 Å². The number of nitrogens with zero attached hydrogens (tertiary/aromatic N) is 1. The predicted octanol–water partition coefficient (Wildman–Crippen LogP) is 3.16. The number of carbonyl (C=O) groups excluding carboxylic acids is 1. The molecule has 0 saturated carbocycles. The van der Waals surface area contributed by atoms with Crippen molar-refractivity contribution in [3.05, 3.63) is 35.4 Å². The number of piperazine rings is 1. The van der Waals surface area contributed by atoms with E-state index in [1.54, 1.807) is 0 Å². The van der Waals surface area contributed by atoms with Crippen molar-refractivity contribution in [2.75, 3.05) is 26.2 Å². The summed E-state index contributed by atoms with van der Waals surface area (Å²) >= 11 is 0. The number of halogens is 1. The zero-order valence-corrected chi connectivity index (χ0v) is 14.1. The molecule has 1 unspecified atom stereocenters. The van der Waals surface area contributed by atoms with Gasteiger partial charge < -0.3 is 10.2 Å². The summed E-state index contributed by atoms with van der Waals surface area (Å²) in [5.74, 6) is 1.13. The first-order chi connectivity index (χ1) is 9.58. The van der Waals surface area contributed by atoms with Crippen molar-refractivity contribution in [3.8, 4) is 0 Å². The first-order valence-electron chi connectivity index (χ1n) is 7.66. The van der Waals surface area contributed by atoms with Gasteiger partial charge in [0.05, 0.1) is 0 Å². The zero-order chi connectivity index (χ0) is 14.5. The van der Waals surface area contributed by atoms with Crippen LogP contribution in [-0.4, -0.2) is 37.0 Å². The van der Waals surface area contributed by atoms with Crippen molar-refractivity contribution < 1.29 is 4.79 Å². The van der Waals surface area contributed by atoms with Crippen LogP contribution in [0.4, 0.5) is 0 Å². The lowest BCUT2D eigenvalue weighted by molar-refractivity contribution is -0.132. The fourth-order valence-electron chi connectivity index (χ4n) is 2.63. The minimum atomic E-state index is 0. The minimum absolute atomic E-state index is 0. The summed E-state index contributed by atoms with van der Waals surface area (Å²) in [6.07, 6.45) is 0.612. The zero-order valence-electron chi connectivity index (χ0n) is 13.3. The number of benzene rings is 1. The van der Waals surface area contributed by atoms with Crippen LogP contribution in [0.5, 0.6) is 0 Å². The molecule has 1 N–H and O–H groups in total. The average molecular weight is 311 g/mol. The monoisotopic (exact) mass is 310 g/mol. The quantitative estimate of drug-likeness (QED) is 0.926. The van der Waals surface area contributed by atoms with Crippen LogP contribution >= 0.6 is 12.4 Å². The lowest BCUT2D eigenvalue weighted by atomic mass is 9.94. The molecule has 4 heteroatoms. The van der Waals surface area contributed by atoms with E-state index < -0.39 is 0 Å². The van der Waals surface area contributed by atoms with Gasteiger partial charge in [0.1, 0.15) is 0 Å². The molecule has 21 heavy (non-hydrogen) atoms. The summed E-state index contributed by atoms with van der Waals surface area (Å²) < 4.78 is 0. The van der Waals surface area contributed by atoms with Gasteiger partial charge >= 0.3 is 0 Å². The largest absolute Gasteiger partial charge is 0.340 e. The van der Waals surface area contributed by atoms with E-state index in [0.717, 1.165) is 26.2 Å². The van der Waals surface area contributed by atoms with E-state index in [-0.39, 0.29) is 18.3 Å². The standard InChI is InChI=1S/C17H26N2O.ClH/c1-13(2)15-4-6-16(7-5-15)14(3)12-17(20)19-10-8-18-9-11-19;/h4-7,13-14,18H,8-12H2,1-3H3;1H. The SMILES string of the molecule is CC(C)c1ccc(C(C)CC(=O)N2CCNCC2)cc1.Cl. The van der Waals surface area contributed by atoms with Gasteiger partial charge in [-0.25, -0.2) is 0 Å². The van der Waals surface area contributed by atoms with E-state index in [1.807, 2.05) is 4.90 Å². The normalized spacial score (nSPS) is 16.5. The van der Waals surface area contributed by atoms with Crippen LogP contribution in [-0.2, 0) is 4.79 Å². The molecule has 1 aliphatic rings. The average Bonchev–Trinajstić information content (AvgIpc) is 2.48. The molecular weight excluding hydrogens is 284 g/mol. The van der Waals surface area contributed by atoms with Crippen molar-refractivity contribution >= 4 is 18.3 Å². The molecule has 2 rings (SSSR count). The summed E-state index contributed by atoms with van der Waals surface area (Å²) in [4.78, 5) is 14.2. The smallest absolute Gasteiger partial charge is 0.223 e. The van der Waals surface area contributed by atoms with E-state index in [4.69, 9.17) is 0 Å². The Bertz CT molecular complexity index is 439. The maximum Gasteiger partial charge on any atom is 0.223 e. The van der Waals surface area contributed by atoms with Crippen molar-refractivity contribution in [1.82, 2.24) is 10.2 Å². The Labute approximate surface area is 134 Å². The third kappa shape index (κ3) is 5.01. The molecule has 118 valence electrons. The Kier molecular flexibility index (Phi) is 7.20. The Hall–Kier alpha value is -1.06. The maximum atomic E-state index is 12.3. The van der Waals surface area contributed by atoms with E-state index in [2.05, 4.69) is 50.4 Å². The highest BCUT2D eigenvalue weighted by atomic mass is 35.5. The van der Waals surface area contributed by atoms with Gasteiger partial charge in [-0.05, 0) is 23.0 Å². The van der Waals surface area contributed by atoms with E-state index in [0.29, 0.717) is 18.3 Å². The van der Waals surface area contributed by atoms with Crippen molar-refractivity contribution in [2.24, 2.45) is 0 Å². The lowest BCUT2D eigenvalue weighted by Crippen LogP contribution is -2.46. The Balaban J connectivity index is 0.00000220. The molecule has 1 aromatic rings. The third-order valence-electron chi connectivity index (χ3n) is 4.12. The first kappa shape index (κ1) is 18.0. The van der Waals surface area contributed by atoms with Crippen LogP contribution in [0.3, 0.4) is 0 Å². The van der Waals surface area contributed by atoms with Gasteiger partial charge in [-0.1, -0.05) is 45.0 Å². The van der Waals surface area contributed by atoms with Crippen molar-refractivity contribution in [2.45, 2.75) is 39.0 Å². The number of hydrogen-bond donors (Lipinski definition) is 1. The molecule has 1 fully saturated rings. The van der Waals surface area contributed by atoms with Crippen LogP contribution in [0.1, 0.15) is 50.2 Å². The molecule has 1 atom stereocenters. The van der Waals surface area contributed by atoms with Crippen LogP contribution in [0.15, 0.2) is 24.3 Å². The van der Waals surface area contributed by atoms with Crippen molar-refractivity contribution in [3.63, 3.8) is 0 Å². The summed E-state index contributed by atoms with van der Waals surface area (Å²) in [6.45, 7) is 10.1. The fourth-order valence-corrected chi connectivity index (χ4v) is 2.63. The number of hydrogen-bond acceptors (Lipinski definition) is 2. The highest BCUT2D eigenvalue weighted by Gasteiger charge is 2.19. The highest BCUT2D eigenvalue weighted by molar-refractivity contribution is 5.85. The predicted molar refractivity (Wildman–Crippen MR) is 90.3 cm³/mol. The second-order valence-electron chi connectivity index (χ2n) is 6.06. The number of carbonyl (C=O) groups is 1. The molecule has 0 aromatic heterocycles. The number of rotatable bonds is 4. The van der Waals surface area contributed by atoms with E-state index in [9.17, 15) is 4.79 Å². The Morgan fingerprint density at radius 1 is 1.10 bits per heavy atom. The van der Waals surface area contributed by atoms with Gasteiger partial charge in [0.2, 0.25) is 5.91 Å². The molecule has 1 amide bonds. The van der Waals surface area contributed by atoms with E-state index >= 15 is 0 Å². The second-order valence-corrected chi connectivity index (χ2v) is 6.06. The molecule has 0 spiro atoms. The number of amides is 1. The van der Waals surface area contributed by atoms with Gasteiger partial charge in [0.15, 0.2) is 0 Å². The van der Waals surface area contributed by atoms with Crippen molar-refractivity contribution in [1.29, 1.82) is 0 Å². The maximum absolute atomic E-state index is 12.3. The lowest BCUT2D eigenvalue weighted by Gasteiger charge is -2.28. The Morgan fingerprint density at radius 3 is 2.14 bits per heavy atom. The van der Waals surface area contributed by atoms with Crippen LogP contribution in [0, 0.1) is 0 Å². The second kappa shape index (κ2) is 8.40. The summed E-state index contributed by atoms with van der Waals surface area (Å²) in [5, 5.41) is 3.28. The van der Waals surface area contributed by atoms with Gasteiger partial charge in [0.25, 0.3) is 0 Å². The Morgan fingerprint density at radius 2 is 1.62 bits per heavy atom. The molecule has 1 heterocycles. The molecule has 3 nitrogen and oxygen atoms in total. The van der Waals surface area contributed by atoms with Gasteiger partial charge in [-0.15, -0.1) is 12.4 Å². The van der Waals surface area contributed by atoms with Gasteiger partial charge in [-0.2, -0.15) is 0 Å². The highest BCUT2D eigenvalue weighted by Crippen LogP contribution is 2.23. The molecule has 1 aliphatic heterocycles. The topological polar surface area (TPSA) is 32.3 Å². The van der Waals surface area contributed by atoms with Crippen LogP contribution < -0.4 is 5.32 Å². The van der Waals surface area contributed by atoms with Gasteiger partial charge in [-0.3, -0.25) is 4.79 Å². The van der Waals surface area contributed by atoms with E-state index in [1.165, 1.54) is 11.1 Å². The third-order valence-corrected chi connectivity index (χ3v) is 4.12. The minimum Gasteiger partial charge on any atom is -0.340 e. The summed E-state index contributed by atoms with van der Waals surface area (Å²) in [6, 6.07) is 8.72. The first-order valence-corrected chi connectivity index (χ1v) is 7.66. The molecule has 1 saturated heterocycles. The fraction of sp³-hybridized carbons (Fsp3) is 0.588. The van der Waals surface area contributed by atoms with Crippen LogP contribution in [0.25, 0.3) is 0 Å². The summed E-state index contributed by atoms with van der Waals surface area (Å²) in [7, 11) is 0. The molecule has 0 aliphatic carbocycles. The van der Waals surface area contributed by atoms with Gasteiger partial charge in [0, 0.05) is 32.6 Å². The molecule has 1 aromatic carbocycles. The summed E-state index contributed by atoms with van der Waals surface area (Å²) in [5.41, 5.74) is 2.62. The molecule has 0 bridgehead atoms. The molecule has 0 radical (unpaired) electrons.